The van der Waals surface area contributed by atoms with Gasteiger partial charge in [0.25, 0.3) is 0 Å². The summed E-state index contributed by atoms with van der Waals surface area (Å²) >= 11 is 0. The number of aromatic nitrogens is 2. The van der Waals surface area contributed by atoms with Crippen LogP contribution >= 0.6 is 0 Å². The van der Waals surface area contributed by atoms with Crippen LogP contribution in [-0.2, 0) is 7.05 Å². The van der Waals surface area contributed by atoms with Gasteiger partial charge in [-0.2, -0.15) is 0 Å². The highest BCUT2D eigenvalue weighted by Gasteiger charge is 2.50. The summed E-state index contributed by atoms with van der Waals surface area (Å²) in [5.74, 6) is 2.63. The minimum Gasteiger partial charge on any atom is -0.393 e. The van der Waals surface area contributed by atoms with Gasteiger partial charge in [0.15, 0.2) is 0 Å². The summed E-state index contributed by atoms with van der Waals surface area (Å²) in [5.41, 5.74) is 5.08. The summed E-state index contributed by atoms with van der Waals surface area (Å²) in [6.07, 6.45) is 13.0. The van der Waals surface area contributed by atoms with E-state index in [0.29, 0.717) is 42.4 Å². The van der Waals surface area contributed by atoms with Gasteiger partial charge in [-0.25, -0.2) is 4.98 Å². The molecular formula is C31H44N2O3. The van der Waals surface area contributed by atoms with Crippen LogP contribution in [0.25, 0.3) is 11.0 Å². The van der Waals surface area contributed by atoms with Crippen molar-refractivity contribution in [2.45, 2.75) is 96.4 Å². The number of aliphatic hydroxyl groups excluding tert-OH is 3. The normalized spacial score (nSPS) is 33.6. The molecule has 1 aromatic heterocycles. The van der Waals surface area contributed by atoms with Gasteiger partial charge in [0.05, 0.1) is 23.2 Å². The maximum Gasteiger partial charge on any atom is 0.138 e. The molecule has 5 rings (SSSR count). The third kappa shape index (κ3) is 4.94. The van der Waals surface area contributed by atoms with Gasteiger partial charge in [-0.3, -0.25) is 0 Å². The molecule has 0 unspecified atom stereocenters. The quantitative estimate of drug-likeness (QED) is 0.462. The molecule has 5 nitrogen and oxygen atoms in total. The minimum atomic E-state index is -0.538. The highest BCUT2D eigenvalue weighted by Crippen LogP contribution is 2.60. The van der Waals surface area contributed by atoms with Crippen molar-refractivity contribution in [2.75, 3.05) is 0 Å². The number of nitrogens with zero attached hydrogens (tertiary/aromatic N) is 2. The Morgan fingerprint density at radius 3 is 2.61 bits per heavy atom. The van der Waals surface area contributed by atoms with E-state index in [1.54, 1.807) is 5.57 Å². The Balaban J connectivity index is 1.24. The lowest BCUT2D eigenvalue weighted by molar-refractivity contribution is 0.0609. The van der Waals surface area contributed by atoms with Crippen LogP contribution in [0.3, 0.4) is 0 Å². The Labute approximate surface area is 215 Å². The Hall–Kier alpha value is -1.95. The number of allylic oxidation sites excluding steroid dienone is 3. The zero-order chi connectivity index (χ0) is 25.4. The summed E-state index contributed by atoms with van der Waals surface area (Å²) in [6.45, 7) is 4.91. The molecule has 196 valence electrons. The molecule has 0 aliphatic heterocycles. The second kappa shape index (κ2) is 10.4. The monoisotopic (exact) mass is 492 g/mol. The van der Waals surface area contributed by atoms with Crippen LogP contribution in [0.15, 0.2) is 47.6 Å². The first-order valence-corrected chi connectivity index (χ1v) is 14.1. The molecule has 36 heavy (non-hydrogen) atoms. The van der Waals surface area contributed by atoms with E-state index in [1.807, 2.05) is 29.8 Å². The first kappa shape index (κ1) is 25.7. The van der Waals surface area contributed by atoms with Crippen LogP contribution in [0, 0.1) is 23.2 Å². The highest BCUT2D eigenvalue weighted by molar-refractivity contribution is 5.75. The van der Waals surface area contributed by atoms with Gasteiger partial charge >= 0.3 is 0 Å². The number of rotatable bonds is 6. The van der Waals surface area contributed by atoms with Crippen molar-refractivity contribution in [1.29, 1.82) is 0 Å². The van der Waals surface area contributed by atoms with Crippen LogP contribution < -0.4 is 0 Å². The van der Waals surface area contributed by atoms with E-state index >= 15 is 0 Å². The highest BCUT2D eigenvalue weighted by atomic mass is 16.3. The molecular weight excluding hydrogens is 448 g/mol. The van der Waals surface area contributed by atoms with Crippen molar-refractivity contribution in [3.63, 3.8) is 0 Å². The molecule has 0 bridgehead atoms. The Bertz CT molecular complexity index is 1120. The zero-order valence-corrected chi connectivity index (χ0v) is 22.2. The minimum absolute atomic E-state index is 0.316. The molecule has 3 aliphatic carbocycles. The first-order chi connectivity index (χ1) is 17.3. The predicted octanol–water partition coefficient (Wildman–Crippen LogP) is 6.00. The van der Waals surface area contributed by atoms with Gasteiger partial charge in [-0.15, -0.1) is 0 Å². The van der Waals surface area contributed by atoms with Gasteiger partial charge in [-0.1, -0.05) is 49.3 Å². The molecule has 0 radical (unpaired) electrons. The number of aryl methyl sites for hydroxylation is 1. The lowest BCUT2D eigenvalue weighted by Crippen LogP contribution is -2.36. The topological polar surface area (TPSA) is 78.5 Å². The van der Waals surface area contributed by atoms with Crippen LogP contribution in [-0.4, -0.2) is 37.1 Å². The van der Waals surface area contributed by atoms with Crippen molar-refractivity contribution in [3.05, 3.63) is 53.4 Å². The molecule has 3 fully saturated rings. The van der Waals surface area contributed by atoms with E-state index in [4.69, 9.17) is 4.98 Å². The van der Waals surface area contributed by atoms with E-state index < -0.39 is 18.3 Å². The Morgan fingerprint density at radius 1 is 1.11 bits per heavy atom. The number of hydrogen-bond donors (Lipinski definition) is 3. The molecule has 0 saturated heterocycles. The molecule has 0 spiro atoms. The average Bonchev–Trinajstić information content (AvgIpc) is 3.38. The molecule has 0 amide bonds. The fourth-order valence-corrected chi connectivity index (χ4v) is 7.96. The van der Waals surface area contributed by atoms with Gasteiger partial charge in [0.2, 0.25) is 0 Å². The molecule has 3 aliphatic rings. The number of benzene rings is 1. The average molecular weight is 493 g/mol. The van der Waals surface area contributed by atoms with E-state index in [9.17, 15) is 15.3 Å². The van der Waals surface area contributed by atoms with E-state index in [-0.39, 0.29) is 0 Å². The number of fused-ring (bicyclic) bond motifs is 2. The van der Waals surface area contributed by atoms with Crippen LogP contribution in [0.4, 0.5) is 0 Å². The van der Waals surface area contributed by atoms with Crippen LogP contribution in [0.2, 0.25) is 0 Å². The van der Waals surface area contributed by atoms with Gasteiger partial charge in [0.1, 0.15) is 11.9 Å². The lowest BCUT2D eigenvalue weighted by atomic mass is 9.60. The molecule has 3 N–H and O–H groups in total. The van der Waals surface area contributed by atoms with E-state index in [0.717, 1.165) is 29.7 Å². The van der Waals surface area contributed by atoms with Crippen LogP contribution in [0.1, 0.15) is 90.0 Å². The fraction of sp³-hybridized carbons (Fsp3) is 0.645. The summed E-state index contributed by atoms with van der Waals surface area (Å²) in [7, 11) is 2.00. The lowest BCUT2D eigenvalue weighted by Gasteiger charge is -2.44. The van der Waals surface area contributed by atoms with Crippen molar-refractivity contribution in [3.8, 4) is 0 Å². The molecule has 5 heteroatoms. The standard InChI is InChI=1S/C31H44N2O3/c1-20(10-15-29(36)30-32-27-8-4-5-9-28(27)33(30)3)25-13-14-26-22(7-6-16-31(25,26)2)12-11-21-17-23(34)19-24(35)18-21/h4-5,8-9,11-12,20,23-26,29,34-36H,6-7,10,13-19H2,1-3H3/b22-12+/t20-,23-,24-,25-,26+,29+,31-/m1/s1. The summed E-state index contributed by atoms with van der Waals surface area (Å²) in [6, 6.07) is 8.08. The van der Waals surface area contributed by atoms with Gasteiger partial charge in [0, 0.05) is 7.05 Å². The molecule has 2 aromatic rings. The predicted molar refractivity (Wildman–Crippen MR) is 144 cm³/mol. The molecule has 3 saturated carbocycles. The summed E-state index contributed by atoms with van der Waals surface area (Å²) < 4.78 is 2.04. The maximum atomic E-state index is 11.0. The van der Waals surface area contributed by atoms with E-state index in [1.165, 1.54) is 37.7 Å². The van der Waals surface area contributed by atoms with Gasteiger partial charge in [-0.05, 0) is 99.5 Å². The van der Waals surface area contributed by atoms with Crippen molar-refractivity contribution in [1.82, 2.24) is 9.55 Å². The largest absolute Gasteiger partial charge is 0.393 e. The number of aliphatic hydroxyl groups is 3. The SMILES string of the molecule is C[C@H](CC[C@H](O)c1nc2ccccc2n1C)[C@H]1CC[C@H]2/C(=C/C=C3C[C@@H](O)C[C@H](O)C3)CCC[C@]12C. The number of imidazole rings is 1. The Kier molecular flexibility index (Phi) is 7.44. The fourth-order valence-electron chi connectivity index (χ4n) is 7.96. The second-order valence-corrected chi connectivity index (χ2v) is 12.2. The molecule has 1 aromatic carbocycles. The molecule has 1 heterocycles. The van der Waals surface area contributed by atoms with Crippen molar-refractivity contribution < 1.29 is 15.3 Å². The van der Waals surface area contributed by atoms with Crippen molar-refractivity contribution >= 4 is 11.0 Å². The summed E-state index contributed by atoms with van der Waals surface area (Å²) in [4.78, 5) is 4.71. The number of para-hydroxylation sites is 2. The maximum absolute atomic E-state index is 11.0. The Morgan fingerprint density at radius 2 is 1.86 bits per heavy atom. The first-order valence-electron chi connectivity index (χ1n) is 14.1. The smallest absolute Gasteiger partial charge is 0.138 e. The third-order valence-electron chi connectivity index (χ3n) is 9.81. The van der Waals surface area contributed by atoms with Crippen molar-refractivity contribution in [2.24, 2.45) is 30.2 Å². The summed E-state index contributed by atoms with van der Waals surface area (Å²) in [5, 5.41) is 31.1. The zero-order valence-electron chi connectivity index (χ0n) is 22.2. The van der Waals surface area contributed by atoms with E-state index in [2.05, 4.69) is 32.1 Å². The third-order valence-corrected chi connectivity index (χ3v) is 9.81. The molecule has 7 atom stereocenters. The van der Waals surface area contributed by atoms with Gasteiger partial charge < -0.3 is 19.9 Å². The van der Waals surface area contributed by atoms with Crippen LogP contribution in [0.5, 0.6) is 0 Å². The number of hydrogen-bond acceptors (Lipinski definition) is 4. The second-order valence-electron chi connectivity index (χ2n) is 12.2.